The summed E-state index contributed by atoms with van der Waals surface area (Å²) in [5, 5.41) is 3.61. The van der Waals surface area contributed by atoms with Crippen LogP contribution in [0.2, 0.25) is 10.2 Å². The molecule has 2 aromatic rings. The molecule has 2 rings (SSSR count). The zero-order valence-electron chi connectivity index (χ0n) is 11.0. The van der Waals surface area contributed by atoms with Crippen molar-refractivity contribution < 1.29 is 4.79 Å². The average Bonchev–Trinajstić information content (AvgIpc) is 2.38. The number of pyridine rings is 1. The lowest BCUT2D eigenvalue weighted by Crippen LogP contribution is -2.17. The number of anilines is 2. The molecular weight excluding hydrogens is 297 g/mol. The van der Waals surface area contributed by atoms with Gasteiger partial charge in [-0.05, 0) is 30.3 Å². The van der Waals surface area contributed by atoms with Gasteiger partial charge in [-0.25, -0.2) is 4.98 Å². The first kappa shape index (κ1) is 14.6. The van der Waals surface area contributed by atoms with E-state index in [4.69, 9.17) is 23.2 Å². The largest absolute Gasteiger partial charge is 0.376 e. The molecule has 0 atom stereocenters. The highest BCUT2D eigenvalue weighted by Gasteiger charge is 2.12. The van der Waals surface area contributed by atoms with Crippen LogP contribution in [-0.2, 0) is 0 Å². The van der Waals surface area contributed by atoms with Crippen LogP contribution in [0.3, 0.4) is 0 Å². The third-order valence-electron chi connectivity index (χ3n) is 2.64. The van der Waals surface area contributed by atoms with Gasteiger partial charge in [0.05, 0.1) is 11.4 Å². The van der Waals surface area contributed by atoms with Gasteiger partial charge in [0.15, 0.2) is 0 Å². The molecule has 0 aliphatic rings. The zero-order valence-corrected chi connectivity index (χ0v) is 12.5. The van der Waals surface area contributed by atoms with Crippen LogP contribution >= 0.6 is 23.2 Å². The summed E-state index contributed by atoms with van der Waals surface area (Å²) < 4.78 is 0. The maximum atomic E-state index is 12.2. The number of nitrogens with zero attached hydrogens (tertiary/aromatic N) is 2. The molecule has 0 unspecified atom stereocenters. The fourth-order valence-corrected chi connectivity index (χ4v) is 2.06. The number of carbonyl (C=O) groups is 1. The minimum atomic E-state index is -0.335. The number of amides is 1. The molecule has 0 aliphatic carbocycles. The van der Waals surface area contributed by atoms with E-state index in [1.165, 1.54) is 0 Å². The Hall–Kier alpha value is -1.78. The molecule has 1 amide bonds. The molecule has 6 heteroatoms. The van der Waals surface area contributed by atoms with Crippen LogP contribution < -0.4 is 10.2 Å². The van der Waals surface area contributed by atoms with E-state index in [9.17, 15) is 4.79 Å². The van der Waals surface area contributed by atoms with Gasteiger partial charge in [-0.1, -0.05) is 29.3 Å². The number of carbonyl (C=O) groups excluding carboxylic acids is 1. The second-order valence-electron chi connectivity index (χ2n) is 4.36. The Bertz CT molecular complexity index is 644. The summed E-state index contributed by atoms with van der Waals surface area (Å²) in [5.41, 5.74) is 1.72. The van der Waals surface area contributed by atoms with Gasteiger partial charge in [0.1, 0.15) is 10.8 Å². The van der Waals surface area contributed by atoms with E-state index in [1.54, 1.807) is 30.3 Å². The predicted octanol–water partition coefficient (Wildman–Crippen LogP) is 3.71. The van der Waals surface area contributed by atoms with E-state index in [0.29, 0.717) is 10.7 Å². The minimum absolute atomic E-state index is 0.252. The average molecular weight is 310 g/mol. The number of halogens is 2. The molecule has 0 saturated carbocycles. The molecule has 0 saturated heterocycles. The third kappa shape index (κ3) is 3.40. The fraction of sp³-hybridized carbons (Fsp3) is 0.143. The summed E-state index contributed by atoms with van der Waals surface area (Å²) in [6.07, 6.45) is 0. The van der Waals surface area contributed by atoms with Crippen molar-refractivity contribution in [3.63, 3.8) is 0 Å². The van der Waals surface area contributed by atoms with Crippen LogP contribution in [0.4, 0.5) is 11.4 Å². The van der Waals surface area contributed by atoms with Crippen molar-refractivity contribution in [2.45, 2.75) is 0 Å². The van der Waals surface area contributed by atoms with Gasteiger partial charge < -0.3 is 10.2 Å². The molecule has 1 heterocycles. The van der Waals surface area contributed by atoms with Crippen molar-refractivity contribution in [1.29, 1.82) is 0 Å². The van der Waals surface area contributed by atoms with Crippen LogP contribution in [0.5, 0.6) is 0 Å². The Labute approximate surface area is 127 Å². The number of hydrogen-bond acceptors (Lipinski definition) is 3. The Morgan fingerprint density at radius 3 is 2.60 bits per heavy atom. The van der Waals surface area contributed by atoms with Gasteiger partial charge in [0, 0.05) is 19.1 Å². The highest BCUT2D eigenvalue weighted by atomic mass is 35.5. The quantitative estimate of drug-likeness (QED) is 0.879. The van der Waals surface area contributed by atoms with Gasteiger partial charge in [0.25, 0.3) is 5.91 Å². The molecule has 0 radical (unpaired) electrons. The molecule has 0 spiro atoms. The van der Waals surface area contributed by atoms with E-state index in [2.05, 4.69) is 10.3 Å². The smallest absolute Gasteiger partial charge is 0.274 e. The standard InChI is InChI=1S/C14H13Cl2N3O/c1-19(2)12-7-6-9(15)8-11(12)18-14(20)10-4-3-5-13(16)17-10/h3-8H,1-2H3,(H,18,20). The Balaban J connectivity index is 2.30. The zero-order chi connectivity index (χ0) is 14.7. The SMILES string of the molecule is CN(C)c1ccc(Cl)cc1NC(=O)c1cccc(Cl)n1. The second kappa shape index (κ2) is 6.11. The van der Waals surface area contributed by atoms with Crippen molar-refractivity contribution in [2.24, 2.45) is 0 Å². The lowest BCUT2D eigenvalue weighted by molar-refractivity contribution is 0.102. The lowest BCUT2D eigenvalue weighted by Gasteiger charge is -2.18. The lowest BCUT2D eigenvalue weighted by atomic mass is 10.2. The molecule has 1 N–H and O–H groups in total. The summed E-state index contributed by atoms with van der Waals surface area (Å²) in [7, 11) is 3.77. The van der Waals surface area contributed by atoms with Crippen molar-refractivity contribution in [1.82, 2.24) is 4.98 Å². The normalized spacial score (nSPS) is 10.2. The molecule has 1 aromatic heterocycles. The van der Waals surface area contributed by atoms with Crippen molar-refractivity contribution in [2.75, 3.05) is 24.3 Å². The van der Waals surface area contributed by atoms with Gasteiger partial charge in [-0.2, -0.15) is 0 Å². The van der Waals surface area contributed by atoms with Gasteiger partial charge >= 0.3 is 0 Å². The maximum Gasteiger partial charge on any atom is 0.274 e. The third-order valence-corrected chi connectivity index (χ3v) is 3.08. The number of rotatable bonds is 3. The minimum Gasteiger partial charge on any atom is -0.376 e. The first-order valence-corrected chi connectivity index (χ1v) is 6.64. The van der Waals surface area contributed by atoms with E-state index in [0.717, 1.165) is 5.69 Å². The van der Waals surface area contributed by atoms with Crippen molar-refractivity contribution >= 4 is 40.5 Å². The predicted molar refractivity (Wildman–Crippen MR) is 83.0 cm³/mol. The molecule has 104 valence electrons. The van der Waals surface area contributed by atoms with Crippen molar-refractivity contribution in [3.05, 3.63) is 52.3 Å². The summed E-state index contributed by atoms with van der Waals surface area (Å²) in [5.74, 6) is -0.335. The number of nitrogens with one attached hydrogen (secondary N) is 1. The van der Waals surface area contributed by atoms with Crippen LogP contribution in [0.15, 0.2) is 36.4 Å². The van der Waals surface area contributed by atoms with Crippen LogP contribution in [-0.4, -0.2) is 25.0 Å². The number of aromatic nitrogens is 1. The Morgan fingerprint density at radius 2 is 1.95 bits per heavy atom. The Morgan fingerprint density at radius 1 is 1.20 bits per heavy atom. The molecule has 1 aromatic carbocycles. The monoisotopic (exact) mass is 309 g/mol. The van der Waals surface area contributed by atoms with Gasteiger partial charge in [-0.15, -0.1) is 0 Å². The molecular formula is C14H13Cl2N3O. The summed E-state index contributed by atoms with van der Waals surface area (Å²) in [6, 6.07) is 10.2. The van der Waals surface area contributed by atoms with Crippen LogP contribution in [0.1, 0.15) is 10.5 Å². The number of hydrogen-bond donors (Lipinski definition) is 1. The molecule has 0 bridgehead atoms. The molecule has 0 fully saturated rings. The maximum absolute atomic E-state index is 12.2. The fourth-order valence-electron chi connectivity index (χ4n) is 1.72. The first-order valence-electron chi connectivity index (χ1n) is 5.88. The molecule has 20 heavy (non-hydrogen) atoms. The second-order valence-corrected chi connectivity index (χ2v) is 5.18. The topological polar surface area (TPSA) is 45.2 Å². The summed E-state index contributed by atoms with van der Waals surface area (Å²) in [6.45, 7) is 0. The summed E-state index contributed by atoms with van der Waals surface area (Å²) >= 11 is 11.7. The first-order chi connectivity index (χ1) is 9.47. The van der Waals surface area contributed by atoms with E-state index in [1.807, 2.05) is 25.1 Å². The van der Waals surface area contributed by atoms with E-state index in [-0.39, 0.29) is 16.8 Å². The van der Waals surface area contributed by atoms with E-state index < -0.39 is 0 Å². The highest BCUT2D eigenvalue weighted by molar-refractivity contribution is 6.31. The van der Waals surface area contributed by atoms with E-state index >= 15 is 0 Å². The van der Waals surface area contributed by atoms with Crippen molar-refractivity contribution in [3.8, 4) is 0 Å². The van der Waals surface area contributed by atoms with Gasteiger partial charge in [-0.3, -0.25) is 4.79 Å². The number of benzene rings is 1. The Kier molecular flexibility index (Phi) is 4.47. The summed E-state index contributed by atoms with van der Waals surface area (Å²) in [4.78, 5) is 18.0. The molecule has 4 nitrogen and oxygen atoms in total. The molecule has 0 aliphatic heterocycles. The van der Waals surface area contributed by atoms with Crippen LogP contribution in [0, 0.1) is 0 Å². The van der Waals surface area contributed by atoms with Crippen LogP contribution in [0.25, 0.3) is 0 Å². The highest BCUT2D eigenvalue weighted by Crippen LogP contribution is 2.28. The van der Waals surface area contributed by atoms with Gasteiger partial charge in [0.2, 0.25) is 0 Å².